The number of nitrogens with zero attached hydrogens (tertiary/aromatic N) is 2. The third-order valence-corrected chi connectivity index (χ3v) is 4.64. The maximum absolute atomic E-state index is 12.5. The predicted molar refractivity (Wildman–Crippen MR) is 114 cm³/mol. The molecule has 0 atom stereocenters. The number of carbonyl (C=O) groups is 1. The quantitative estimate of drug-likeness (QED) is 0.505. The van der Waals surface area contributed by atoms with Crippen LogP contribution in [0.25, 0.3) is 11.0 Å². The molecule has 0 spiro atoms. The fourth-order valence-electron chi connectivity index (χ4n) is 3.31. The SMILES string of the molecule is Cc1cc(C)cc(OCn2ccc(C(=O)Nc3ccc4c(C)cc(=O)oc4c3)n2)c1. The van der Waals surface area contributed by atoms with Crippen molar-refractivity contribution in [2.75, 3.05) is 5.32 Å². The fraction of sp³-hybridized carbons (Fsp3) is 0.174. The third-order valence-electron chi connectivity index (χ3n) is 4.64. The monoisotopic (exact) mass is 403 g/mol. The van der Waals surface area contributed by atoms with Gasteiger partial charge in [-0.25, -0.2) is 9.48 Å². The second kappa shape index (κ2) is 7.87. The lowest BCUT2D eigenvalue weighted by molar-refractivity contribution is 0.102. The van der Waals surface area contributed by atoms with Crippen molar-refractivity contribution in [3.8, 4) is 5.75 Å². The first kappa shape index (κ1) is 19.4. The molecule has 1 N–H and O–H groups in total. The normalized spacial score (nSPS) is 10.9. The summed E-state index contributed by atoms with van der Waals surface area (Å²) in [6, 6.07) is 14.2. The molecule has 7 heteroatoms. The molecule has 30 heavy (non-hydrogen) atoms. The lowest BCUT2D eigenvalue weighted by Crippen LogP contribution is -2.14. The molecular weight excluding hydrogens is 382 g/mol. The Morgan fingerprint density at radius 1 is 1.07 bits per heavy atom. The van der Waals surface area contributed by atoms with Crippen molar-refractivity contribution in [3.05, 3.63) is 87.5 Å². The van der Waals surface area contributed by atoms with E-state index in [0.29, 0.717) is 11.3 Å². The van der Waals surface area contributed by atoms with Crippen LogP contribution < -0.4 is 15.7 Å². The van der Waals surface area contributed by atoms with E-state index in [1.165, 1.54) is 6.07 Å². The molecule has 2 aromatic heterocycles. The van der Waals surface area contributed by atoms with E-state index in [2.05, 4.69) is 16.5 Å². The first-order valence-electron chi connectivity index (χ1n) is 9.48. The van der Waals surface area contributed by atoms with Crippen LogP contribution in [0.5, 0.6) is 5.75 Å². The highest BCUT2D eigenvalue weighted by molar-refractivity contribution is 6.03. The lowest BCUT2D eigenvalue weighted by Gasteiger charge is -2.08. The number of benzene rings is 2. The Balaban J connectivity index is 1.45. The van der Waals surface area contributed by atoms with E-state index in [4.69, 9.17) is 9.15 Å². The zero-order valence-electron chi connectivity index (χ0n) is 16.9. The van der Waals surface area contributed by atoms with Gasteiger partial charge in [-0.1, -0.05) is 6.07 Å². The van der Waals surface area contributed by atoms with Gasteiger partial charge in [0.25, 0.3) is 5.91 Å². The summed E-state index contributed by atoms with van der Waals surface area (Å²) in [4.78, 5) is 24.1. The Kier molecular flexibility index (Phi) is 5.10. The highest BCUT2D eigenvalue weighted by atomic mass is 16.5. The van der Waals surface area contributed by atoms with E-state index in [-0.39, 0.29) is 18.3 Å². The minimum Gasteiger partial charge on any atom is -0.471 e. The number of fused-ring (bicyclic) bond motifs is 1. The molecule has 1 amide bonds. The fourth-order valence-corrected chi connectivity index (χ4v) is 3.31. The first-order valence-corrected chi connectivity index (χ1v) is 9.48. The van der Waals surface area contributed by atoms with Gasteiger partial charge < -0.3 is 14.5 Å². The largest absolute Gasteiger partial charge is 0.471 e. The van der Waals surface area contributed by atoms with E-state index >= 15 is 0 Å². The van der Waals surface area contributed by atoms with Crippen LogP contribution in [-0.4, -0.2) is 15.7 Å². The van der Waals surface area contributed by atoms with Crippen molar-refractivity contribution in [2.24, 2.45) is 0 Å². The number of hydrogen-bond acceptors (Lipinski definition) is 5. The van der Waals surface area contributed by atoms with Crippen LogP contribution in [-0.2, 0) is 6.73 Å². The van der Waals surface area contributed by atoms with E-state index in [9.17, 15) is 9.59 Å². The maximum Gasteiger partial charge on any atom is 0.336 e. The number of aromatic nitrogens is 2. The van der Waals surface area contributed by atoms with Crippen molar-refractivity contribution in [1.82, 2.24) is 9.78 Å². The summed E-state index contributed by atoms with van der Waals surface area (Å²) in [6.45, 7) is 6.05. The number of rotatable bonds is 5. The maximum atomic E-state index is 12.5. The second-order valence-corrected chi connectivity index (χ2v) is 7.25. The van der Waals surface area contributed by atoms with Crippen LogP contribution in [0.1, 0.15) is 27.2 Å². The van der Waals surface area contributed by atoms with Gasteiger partial charge in [0.15, 0.2) is 12.4 Å². The molecule has 0 aliphatic rings. The molecule has 0 radical (unpaired) electrons. The summed E-state index contributed by atoms with van der Waals surface area (Å²) in [5.41, 5.74) is 3.82. The number of ether oxygens (including phenoxy) is 1. The average molecular weight is 403 g/mol. The Morgan fingerprint density at radius 3 is 2.60 bits per heavy atom. The van der Waals surface area contributed by atoms with Gasteiger partial charge in [0.2, 0.25) is 0 Å². The van der Waals surface area contributed by atoms with Gasteiger partial charge in [-0.2, -0.15) is 5.10 Å². The molecule has 0 saturated heterocycles. The van der Waals surface area contributed by atoms with Gasteiger partial charge >= 0.3 is 5.63 Å². The van der Waals surface area contributed by atoms with E-state index in [0.717, 1.165) is 27.8 Å². The van der Waals surface area contributed by atoms with Gasteiger partial charge in [-0.3, -0.25) is 4.79 Å². The molecule has 0 aliphatic carbocycles. The number of amides is 1. The Labute approximate surface area is 172 Å². The second-order valence-electron chi connectivity index (χ2n) is 7.25. The van der Waals surface area contributed by atoms with Crippen molar-refractivity contribution < 1.29 is 13.9 Å². The van der Waals surface area contributed by atoms with Crippen molar-refractivity contribution in [1.29, 1.82) is 0 Å². The molecule has 0 unspecified atom stereocenters. The summed E-state index contributed by atoms with van der Waals surface area (Å²) in [5, 5.41) is 7.86. The average Bonchev–Trinajstić information content (AvgIpc) is 3.14. The molecule has 2 aromatic carbocycles. The highest BCUT2D eigenvalue weighted by Gasteiger charge is 2.12. The minimum absolute atomic E-state index is 0.191. The zero-order chi connectivity index (χ0) is 21.3. The smallest absolute Gasteiger partial charge is 0.336 e. The lowest BCUT2D eigenvalue weighted by atomic mass is 10.1. The summed E-state index contributed by atoms with van der Waals surface area (Å²) in [6.07, 6.45) is 1.68. The van der Waals surface area contributed by atoms with Crippen LogP contribution in [0, 0.1) is 20.8 Å². The summed E-state index contributed by atoms with van der Waals surface area (Å²) in [5.74, 6) is 0.386. The van der Waals surface area contributed by atoms with Crippen LogP contribution in [0.3, 0.4) is 0 Å². The van der Waals surface area contributed by atoms with Crippen molar-refractivity contribution in [3.63, 3.8) is 0 Å². The van der Waals surface area contributed by atoms with E-state index in [1.54, 1.807) is 35.1 Å². The van der Waals surface area contributed by atoms with Gasteiger partial charge in [-0.05, 0) is 67.8 Å². The highest BCUT2D eigenvalue weighted by Crippen LogP contribution is 2.21. The minimum atomic E-state index is -0.425. The van der Waals surface area contributed by atoms with Crippen LogP contribution in [0.15, 0.2) is 63.9 Å². The molecule has 4 rings (SSSR count). The van der Waals surface area contributed by atoms with E-state index < -0.39 is 5.63 Å². The number of carbonyl (C=O) groups excluding carboxylic acids is 1. The summed E-state index contributed by atoms with van der Waals surface area (Å²) in [7, 11) is 0. The van der Waals surface area contributed by atoms with Crippen LogP contribution in [0.4, 0.5) is 5.69 Å². The van der Waals surface area contributed by atoms with Crippen LogP contribution in [0.2, 0.25) is 0 Å². The third kappa shape index (κ3) is 4.25. The standard InChI is InChI=1S/C23H21N3O4/c1-14-8-15(2)10-18(9-14)29-13-26-7-6-20(25-26)23(28)24-17-4-5-19-16(3)11-22(27)30-21(19)12-17/h4-12H,13H2,1-3H3,(H,24,28). The molecule has 0 saturated carbocycles. The number of anilines is 1. The first-order chi connectivity index (χ1) is 14.4. The van der Waals surface area contributed by atoms with Gasteiger partial charge in [0, 0.05) is 29.4 Å². The number of nitrogens with one attached hydrogen (secondary N) is 1. The van der Waals surface area contributed by atoms with Gasteiger partial charge in [0.1, 0.15) is 11.3 Å². The van der Waals surface area contributed by atoms with Crippen molar-refractivity contribution >= 4 is 22.6 Å². The Bertz CT molecular complexity index is 1280. The summed E-state index contributed by atoms with van der Waals surface area (Å²) < 4.78 is 12.5. The molecule has 7 nitrogen and oxygen atoms in total. The molecule has 0 aliphatic heterocycles. The number of hydrogen-bond donors (Lipinski definition) is 1. The molecule has 4 aromatic rings. The molecule has 152 valence electrons. The van der Waals surface area contributed by atoms with Crippen molar-refractivity contribution in [2.45, 2.75) is 27.5 Å². The predicted octanol–water partition coefficient (Wildman–Crippen LogP) is 4.20. The molecule has 0 fully saturated rings. The Morgan fingerprint density at radius 2 is 1.83 bits per heavy atom. The molecule has 2 heterocycles. The van der Waals surface area contributed by atoms with E-state index in [1.807, 2.05) is 32.9 Å². The summed E-state index contributed by atoms with van der Waals surface area (Å²) >= 11 is 0. The molecule has 0 bridgehead atoms. The van der Waals surface area contributed by atoms with Gasteiger partial charge in [0.05, 0.1) is 0 Å². The molecular formula is C23H21N3O4. The Hall–Kier alpha value is -3.87. The van der Waals surface area contributed by atoms with Crippen LogP contribution >= 0.6 is 0 Å². The van der Waals surface area contributed by atoms with Gasteiger partial charge in [-0.15, -0.1) is 0 Å². The topological polar surface area (TPSA) is 86.4 Å². The number of aryl methyl sites for hydroxylation is 3. The zero-order valence-corrected chi connectivity index (χ0v) is 16.9.